The molecule has 4 rings (SSSR count). The van der Waals surface area contributed by atoms with Crippen molar-refractivity contribution in [2.24, 2.45) is 5.92 Å². The van der Waals surface area contributed by atoms with Crippen molar-refractivity contribution in [2.75, 3.05) is 36.3 Å². The Bertz CT molecular complexity index is 947. The smallest absolute Gasteiger partial charge is 0.225 e. The minimum absolute atomic E-state index is 0.118. The zero-order valence-corrected chi connectivity index (χ0v) is 17.9. The maximum Gasteiger partial charge on any atom is 0.225 e. The second-order valence-electron chi connectivity index (χ2n) is 8.18. The van der Waals surface area contributed by atoms with E-state index < -0.39 is 23.6 Å². The topological polar surface area (TPSA) is 91.8 Å². The first kappa shape index (κ1) is 21.4. The molecule has 1 aromatic heterocycles. The van der Waals surface area contributed by atoms with Crippen LogP contribution in [0.25, 0.3) is 0 Å². The summed E-state index contributed by atoms with van der Waals surface area (Å²) in [6, 6.07) is 2.33. The summed E-state index contributed by atoms with van der Waals surface area (Å²) in [6.45, 7) is 4.16. The van der Waals surface area contributed by atoms with Crippen molar-refractivity contribution in [1.82, 2.24) is 9.97 Å². The van der Waals surface area contributed by atoms with E-state index in [9.17, 15) is 13.9 Å². The molecule has 8 nitrogen and oxygen atoms in total. The Balaban J connectivity index is 1.32. The van der Waals surface area contributed by atoms with E-state index in [1.165, 1.54) is 7.11 Å². The average molecular weight is 435 g/mol. The monoisotopic (exact) mass is 435 g/mol. The first-order valence-electron chi connectivity index (χ1n) is 10.2. The molecule has 10 heteroatoms. The highest BCUT2D eigenvalue weighted by Gasteiger charge is 2.33. The number of hydrogen-bond acceptors (Lipinski definition) is 8. The Hall–Kier alpha value is -2.88. The van der Waals surface area contributed by atoms with Gasteiger partial charge in [0.25, 0.3) is 0 Å². The molecule has 1 aliphatic heterocycles. The molecule has 2 atom stereocenters. The molecule has 0 spiro atoms. The molecule has 0 radical (unpaired) electrons. The molecule has 1 saturated carbocycles. The van der Waals surface area contributed by atoms with E-state index in [4.69, 9.17) is 4.74 Å². The quantitative estimate of drug-likeness (QED) is 0.638. The van der Waals surface area contributed by atoms with Gasteiger partial charge in [0.15, 0.2) is 23.2 Å². The minimum atomic E-state index is -0.785. The number of aryl methyl sites for hydroxylation is 1. The van der Waals surface area contributed by atoms with Crippen LogP contribution in [0.1, 0.15) is 25.5 Å². The normalized spacial score (nSPS) is 24.7. The maximum atomic E-state index is 13.8. The second-order valence-corrected chi connectivity index (χ2v) is 8.18. The van der Waals surface area contributed by atoms with Crippen molar-refractivity contribution in [3.63, 3.8) is 0 Å². The van der Waals surface area contributed by atoms with Crippen LogP contribution < -0.4 is 25.0 Å². The summed E-state index contributed by atoms with van der Waals surface area (Å²) in [6.07, 6.45) is 0.992. The van der Waals surface area contributed by atoms with Crippen LogP contribution >= 0.6 is 0 Å². The number of anilines is 3. The number of nitrogens with zero attached hydrogens (tertiary/aromatic N) is 3. The summed E-state index contributed by atoms with van der Waals surface area (Å²) in [5.74, 6) is -0.284. The lowest BCUT2D eigenvalue weighted by molar-refractivity contribution is 0.166. The predicted molar refractivity (Wildman–Crippen MR) is 113 cm³/mol. The summed E-state index contributed by atoms with van der Waals surface area (Å²) < 4.78 is 37.8. The second kappa shape index (κ2) is 8.33. The third-order valence-corrected chi connectivity index (χ3v) is 6.00. The van der Waals surface area contributed by atoms with E-state index in [0.717, 1.165) is 42.2 Å². The number of aliphatic hydroxyl groups is 1. The predicted octanol–water partition coefficient (Wildman–Crippen LogP) is 2.91. The summed E-state index contributed by atoms with van der Waals surface area (Å²) in [5.41, 5.74) is 1.49. The van der Waals surface area contributed by atoms with Crippen LogP contribution in [0.15, 0.2) is 12.1 Å². The highest BCUT2D eigenvalue weighted by Crippen LogP contribution is 2.35. The Labute approximate surface area is 179 Å². The van der Waals surface area contributed by atoms with Gasteiger partial charge in [-0.25, -0.2) is 13.8 Å². The summed E-state index contributed by atoms with van der Waals surface area (Å²) in [5, 5.41) is 16.5. The molecular formula is C21H27F2N5O3. The molecule has 0 bridgehead atoms. The van der Waals surface area contributed by atoms with E-state index in [-0.39, 0.29) is 23.8 Å². The fraction of sp³-hybridized carbons (Fsp3) is 0.524. The van der Waals surface area contributed by atoms with Gasteiger partial charge < -0.3 is 30.1 Å². The Morgan fingerprint density at radius 1 is 1.26 bits per heavy atom. The van der Waals surface area contributed by atoms with Crippen molar-refractivity contribution >= 4 is 17.5 Å². The molecule has 168 valence electrons. The highest BCUT2D eigenvalue weighted by atomic mass is 19.1. The average Bonchev–Trinajstić information content (AvgIpc) is 2.68. The number of aromatic nitrogens is 2. The van der Waals surface area contributed by atoms with Gasteiger partial charge in [0.1, 0.15) is 17.7 Å². The van der Waals surface area contributed by atoms with Crippen LogP contribution in [0, 0.1) is 24.5 Å². The van der Waals surface area contributed by atoms with Gasteiger partial charge in [-0.3, -0.25) is 0 Å². The van der Waals surface area contributed by atoms with Crippen LogP contribution in [-0.2, 0) is 0 Å². The van der Waals surface area contributed by atoms with Crippen LogP contribution in [0.2, 0.25) is 0 Å². The van der Waals surface area contributed by atoms with Crippen LogP contribution in [0.3, 0.4) is 0 Å². The molecule has 0 amide bonds. The number of likely N-dealkylation sites (N-methyl/N-ethyl adjacent to an activating group) is 1. The molecule has 2 aliphatic rings. The standard InChI is InChI=1S/C21H27F2N5O3/c1-10-17-19(28(3)11(2)20(29)26-17)27-21(24-10)25-13-5-12(6-13)9-31-14-7-15(22)18(30-4)16(23)8-14/h7-8,11-13,20,26,29H,5-6,9H2,1-4H3,(H,24,25,27)/t11-,12-,13+,20?/m0/s1. The Morgan fingerprint density at radius 2 is 1.94 bits per heavy atom. The van der Waals surface area contributed by atoms with E-state index in [2.05, 4.69) is 25.3 Å². The minimum Gasteiger partial charge on any atom is -0.493 e. The molecule has 2 heterocycles. The Kier molecular flexibility index (Phi) is 5.74. The Morgan fingerprint density at radius 3 is 2.58 bits per heavy atom. The number of benzene rings is 1. The summed E-state index contributed by atoms with van der Waals surface area (Å²) in [4.78, 5) is 11.1. The fourth-order valence-electron chi connectivity index (χ4n) is 3.92. The largest absolute Gasteiger partial charge is 0.493 e. The molecule has 1 aliphatic carbocycles. The third-order valence-electron chi connectivity index (χ3n) is 6.00. The van der Waals surface area contributed by atoms with Gasteiger partial charge in [0, 0.05) is 25.2 Å². The zero-order valence-electron chi connectivity index (χ0n) is 17.9. The lowest BCUT2D eigenvalue weighted by atomic mass is 9.81. The number of hydrogen-bond donors (Lipinski definition) is 3. The van der Waals surface area contributed by atoms with Crippen molar-refractivity contribution in [3.8, 4) is 11.5 Å². The molecule has 0 saturated heterocycles. The third kappa shape index (κ3) is 4.16. The fourth-order valence-corrected chi connectivity index (χ4v) is 3.92. The number of halogens is 2. The van der Waals surface area contributed by atoms with Gasteiger partial charge in [-0.15, -0.1) is 0 Å². The lowest BCUT2D eigenvalue weighted by Gasteiger charge is -2.39. The van der Waals surface area contributed by atoms with E-state index in [1.807, 2.05) is 25.8 Å². The number of fused-ring (bicyclic) bond motifs is 1. The molecule has 1 unspecified atom stereocenters. The summed E-state index contributed by atoms with van der Waals surface area (Å²) >= 11 is 0. The number of ether oxygens (including phenoxy) is 2. The number of rotatable bonds is 6. The SMILES string of the molecule is COc1c(F)cc(OC[C@H]2C[C@@H](Nc3nc(C)c4c(n3)N(C)[C@@H](C)C(O)N4)C2)cc1F. The number of methoxy groups -OCH3 is 1. The molecule has 1 aromatic carbocycles. The zero-order chi connectivity index (χ0) is 22.3. The van der Waals surface area contributed by atoms with Crippen molar-refractivity contribution in [1.29, 1.82) is 0 Å². The highest BCUT2D eigenvalue weighted by molar-refractivity contribution is 5.72. The van der Waals surface area contributed by atoms with Crippen molar-refractivity contribution < 1.29 is 23.4 Å². The van der Waals surface area contributed by atoms with Crippen LogP contribution in [0.5, 0.6) is 11.5 Å². The van der Waals surface area contributed by atoms with Gasteiger partial charge in [0.2, 0.25) is 5.95 Å². The first-order chi connectivity index (χ1) is 14.8. The molecule has 3 N–H and O–H groups in total. The van der Waals surface area contributed by atoms with Crippen LogP contribution in [0.4, 0.5) is 26.2 Å². The molecule has 2 aromatic rings. The van der Waals surface area contributed by atoms with Gasteiger partial charge in [-0.05, 0) is 32.6 Å². The number of aliphatic hydroxyl groups excluding tert-OH is 1. The molecule has 31 heavy (non-hydrogen) atoms. The maximum absolute atomic E-state index is 13.8. The van der Waals surface area contributed by atoms with E-state index in [1.54, 1.807) is 0 Å². The van der Waals surface area contributed by atoms with Crippen molar-refractivity contribution in [2.45, 2.75) is 45.0 Å². The first-order valence-corrected chi connectivity index (χ1v) is 10.2. The molecule has 1 fully saturated rings. The van der Waals surface area contributed by atoms with Crippen molar-refractivity contribution in [3.05, 3.63) is 29.5 Å². The lowest BCUT2D eigenvalue weighted by Crippen LogP contribution is -2.48. The van der Waals surface area contributed by atoms with E-state index >= 15 is 0 Å². The summed E-state index contributed by atoms with van der Waals surface area (Å²) in [7, 11) is 3.11. The molecular weight excluding hydrogens is 408 g/mol. The van der Waals surface area contributed by atoms with Gasteiger partial charge in [-0.1, -0.05) is 0 Å². The number of nitrogens with one attached hydrogen (secondary N) is 2. The van der Waals surface area contributed by atoms with Gasteiger partial charge >= 0.3 is 0 Å². The van der Waals surface area contributed by atoms with Gasteiger partial charge in [-0.2, -0.15) is 4.98 Å². The van der Waals surface area contributed by atoms with E-state index in [0.29, 0.717) is 12.6 Å². The van der Waals surface area contributed by atoms with Gasteiger partial charge in [0.05, 0.1) is 25.5 Å². The van der Waals surface area contributed by atoms with Crippen LogP contribution in [-0.4, -0.2) is 54.2 Å².